The number of hydrogen-bond acceptors (Lipinski definition) is 6. The number of hydrogen-bond donors (Lipinski definition) is 2. The highest BCUT2D eigenvalue weighted by Crippen LogP contribution is 2.41. The van der Waals surface area contributed by atoms with Crippen molar-refractivity contribution in [3.63, 3.8) is 0 Å². The molecule has 1 amide bonds. The van der Waals surface area contributed by atoms with Crippen molar-refractivity contribution in [2.24, 2.45) is 5.10 Å². The maximum atomic E-state index is 13.7. The summed E-state index contributed by atoms with van der Waals surface area (Å²) in [7, 11) is 3.06. The van der Waals surface area contributed by atoms with Gasteiger partial charge in [0, 0.05) is 45.4 Å². The van der Waals surface area contributed by atoms with Gasteiger partial charge in [0.25, 0.3) is 5.56 Å². The number of amides is 1. The third kappa shape index (κ3) is 5.22. The number of carbonyl (C=O) groups is 2. The van der Waals surface area contributed by atoms with Gasteiger partial charge in [-0.05, 0) is 35.9 Å². The largest absolute Gasteiger partial charge is 0.497 e. The van der Waals surface area contributed by atoms with E-state index in [9.17, 15) is 19.5 Å². The van der Waals surface area contributed by atoms with E-state index in [4.69, 9.17) is 9.47 Å². The van der Waals surface area contributed by atoms with Crippen LogP contribution in [0.25, 0.3) is 22.0 Å². The fourth-order valence-electron chi connectivity index (χ4n) is 5.00. The van der Waals surface area contributed by atoms with Gasteiger partial charge in [-0.25, -0.2) is 5.01 Å². The molecule has 204 valence electrons. The third-order valence-electron chi connectivity index (χ3n) is 6.85. The molecule has 2 heterocycles. The van der Waals surface area contributed by atoms with Crippen LogP contribution >= 0.6 is 15.9 Å². The highest BCUT2D eigenvalue weighted by Gasteiger charge is 2.37. The van der Waals surface area contributed by atoms with Gasteiger partial charge in [-0.1, -0.05) is 46.3 Å². The fraction of sp³-hybridized carbons (Fsp3) is 0.200. The van der Waals surface area contributed by atoms with Crippen LogP contribution in [-0.2, 0) is 9.59 Å². The summed E-state index contributed by atoms with van der Waals surface area (Å²) >= 11 is 3.54. The molecule has 0 aliphatic carbocycles. The predicted molar refractivity (Wildman–Crippen MR) is 155 cm³/mol. The summed E-state index contributed by atoms with van der Waals surface area (Å²) in [5.41, 5.74) is 3.26. The molecule has 0 unspecified atom stereocenters. The first kappa shape index (κ1) is 27.1. The van der Waals surface area contributed by atoms with Crippen molar-refractivity contribution in [3.05, 3.63) is 92.7 Å². The van der Waals surface area contributed by atoms with Crippen molar-refractivity contribution in [3.8, 4) is 22.6 Å². The van der Waals surface area contributed by atoms with E-state index in [0.717, 1.165) is 15.4 Å². The molecule has 0 fully saturated rings. The van der Waals surface area contributed by atoms with E-state index in [1.807, 2.05) is 48.5 Å². The molecule has 9 nitrogen and oxygen atoms in total. The molecule has 0 spiro atoms. The van der Waals surface area contributed by atoms with E-state index in [1.54, 1.807) is 25.3 Å². The van der Waals surface area contributed by atoms with E-state index >= 15 is 0 Å². The second kappa shape index (κ2) is 11.4. The SMILES string of the molecule is COc1ccc([C@@H]2CC(c3c(-c4ccccc4)c4cc(Br)ccc4[nH]c3=O)=NN2C(=O)CCC(=O)O)c(OC)c1. The molecule has 0 saturated carbocycles. The molecule has 0 bridgehead atoms. The standard InChI is InChI=1S/C30H26BrN3O6/c1-39-19-9-10-20(25(15-19)40-2)24-16-23(33-34(24)26(35)12-13-27(36)37)29-28(17-6-4-3-5-7-17)21-14-18(31)8-11-22(21)32-30(29)38/h3-11,14-15,24H,12-13,16H2,1-2H3,(H,32,38)(H,36,37)/t24-/m0/s1. The summed E-state index contributed by atoms with van der Waals surface area (Å²) in [6.45, 7) is 0. The van der Waals surface area contributed by atoms with Crippen molar-refractivity contribution in [2.75, 3.05) is 14.2 Å². The van der Waals surface area contributed by atoms with Crippen molar-refractivity contribution >= 4 is 44.4 Å². The van der Waals surface area contributed by atoms with Crippen LogP contribution in [0.5, 0.6) is 11.5 Å². The average molecular weight is 604 g/mol. The van der Waals surface area contributed by atoms with Crippen LogP contribution in [0.2, 0.25) is 0 Å². The molecule has 2 N–H and O–H groups in total. The van der Waals surface area contributed by atoms with Gasteiger partial charge in [-0.3, -0.25) is 14.4 Å². The van der Waals surface area contributed by atoms with Crippen molar-refractivity contribution in [2.45, 2.75) is 25.3 Å². The van der Waals surface area contributed by atoms with E-state index < -0.39 is 17.9 Å². The number of aliphatic carboxylic acids is 1. The van der Waals surface area contributed by atoms with Gasteiger partial charge in [0.2, 0.25) is 5.91 Å². The summed E-state index contributed by atoms with van der Waals surface area (Å²) in [6, 6.07) is 19.8. The van der Waals surface area contributed by atoms with Gasteiger partial charge in [0.05, 0.1) is 38.0 Å². The van der Waals surface area contributed by atoms with Crippen LogP contribution in [0.3, 0.4) is 0 Å². The Bertz CT molecular complexity index is 1700. The van der Waals surface area contributed by atoms with Crippen LogP contribution in [0, 0.1) is 0 Å². The lowest BCUT2D eigenvalue weighted by Gasteiger charge is -2.24. The summed E-state index contributed by atoms with van der Waals surface area (Å²) in [5.74, 6) is -0.498. The number of pyridine rings is 1. The van der Waals surface area contributed by atoms with Crippen molar-refractivity contribution in [1.29, 1.82) is 0 Å². The molecule has 1 aliphatic heterocycles. The zero-order valence-electron chi connectivity index (χ0n) is 21.8. The monoisotopic (exact) mass is 603 g/mol. The highest BCUT2D eigenvalue weighted by atomic mass is 79.9. The van der Waals surface area contributed by atoms with Crippen molar-refractivity contribution in [1.82, 2.24) is 9.99 Å². The smallest absolute Gasteiger partial charge is 0.303 e. The Morgan fingerprint density at radius 3 is 2.50 bits per heavy atom. The topological polar surface area (TPSA) is 121 Å². The molecular weight excluding hydrogens is 578 g/mol. The van der Waals surface area contributed by atoms with Gasteiger partial charge in [0.15, 0.2) is 0 Å². The Morgan fingerprint density at radius 1 is 1.02 bits per heavy atom. The minimum Gasteiger partial charge on any atom is -0.497 e. The fourth-order valence-corrected chi connectivity index (χ4v) is 5.36. The Labute approximate surface area is 238 Å². The van der Waals surface area contributed by atoms with Gasteiger partial charge in [-0.15, -0.1) is 0 Å². The number of nitrogens with zero attached hydrogens (tertiary/aromatic N) is 2. The molecule has 0 radical (unpaired) electrons. The van der Waals surface area contributed by atoms with Crippen LogP contribution in [0.4, 0.5) is 0 Å². The van der Waals surface area contributed by atoms with Gasteiger partial charge >= 0.3 is 5.97 Å². The molecule has 5 rings (SSSR count). The highest BCUT2D eigenvalue weighted by molar-refractivity contribution is 9.10. The second-order valence-corrected chi connectivity index (χ2v) is 10.2. The maximum absolute atomic E-state index is 13.7. The number of halogens is 1. The molecule has 1 aliphatic rings. The minimum absolute atomic E-state index is 0.212. The van der Waals surface area contributed by atoms with Gasteiger partial charge < -0.3 is 19.6 Å². The minimum atomic E-state index is -1.08. The number of ether oxygens (including phenoxy) is 2. The van der Waals surface area contributed by atoms with Crippen LogP contribution in [0.15, 0.2) is 81.1 Å². The predicted octanol–water partition coefficient (Wildman–Crippen LogP) is 5.52. The van der Waals surface area contributed by atoms with Gasteiger partial charge in [-0.2, -0.15) is 5.10 Å². The maximum Gasteiger partial charge on any atom is 0.303 e. The second-order valence-electron chi connectivity index (χ2n) is 9.27. The zero-order valence-corrected chi connectivity index (χ0v) is 23.4. The Kier molecular flexibility index (Phi) is 7.70. The number of hydrazone groups is 1. The normalized spacial score (nSPS) is 14.7. The summed E-state index contributed by atoms with van der Waals surface area (Å²) in [5, 5.41) is 16.0. The molecule has 0 saturated heterocycles. The number of fused-ring (bicyclic) bond motifs is 1. The number of carbonyl (C=O) groups excluding carboxylic acids is 1. The summed E-state index contributed by atoms with van der Waals surface area (Å²) in [4.78, 5) is 41.2. The average Bonchev–Trinajstić information content (AvgIpc) is 3.40. The van der Waals surface area contributed by atoms with E-state index in [1.165, 1.54) is 12.1 Å². The molecular formula is C30H26BrN3O6. The lowest BCUT2D eigenvalue weighted by Crippen LogP contribution is -2.27. The quantitative estimate of drug-likeness (QED) is 0.273. The van der Waals surface area contributed by atoms with Crippen LogP contribution < -0.4 is 15.0 Å². The van der Waals surface area contributed by atoms with E-state index in [-0.39, 0.29) is 24.8 Å². The summed E-state index contributed by atoms with van der Waals surface area (Å²) in [6.07, 6.45) is -0.371. The molecule has 4 aromatic rings. The van der Waals surface area contributed by atoms with Gasteiger partial charge in [0.1, 0.15) is 11.5 Å². The number of H-pyrrole nitrogens is 1. The Hall–Kier alpha value is -4.44. The number of carboxylic acids is 1. The number of methoxy groups -OCH3 is 2. The first-order valence-corrected chi connectivity index (χ1v) is 13.3. The molecule has 3 aromatic carbocycles. The Balaban J connectivity index is 1.71. The number of aromatic nitrogens is 1. The zero-order chi connectivity index (χ0) is 28.4. The van der Waals surface area contributed by atoms with E-state index in [0.29, 0.717) is 39.4 Å². The lowest BCUT2D eigenvalue weighted by molar-refractivity contribution is -0.141. The Morgan fingerprint density at radius 2 is 1.80 bits per heavy atom. The number of rotatable bonds is 8. The summed E-state index contributed by atoms with van der Waals surface area (Å²) < 4.78 is 11.8. The lowest BCUT2D eigenvalue weighted by atomic mass is 9.91. The molecule has 1 aromatic heterocycles. The molecule has 40 heavy (non-hydrogen) atoms. The molecule has 1 atom stereocenters. The number of benzene rings is 3. The number of nitrogens with one attached hydrogen (secondary N) is 1. The van der Waals surface area contributed by atoms with Crippen LogP contribution in [-0.4, -0.2) is 46.9 Å². The molecule has 10 heteroatoms. The van der Waals surface area contributed by atoms with E-state index in [2.05, 4.69) is 26.0 Å². The number of carboxylic acid groups (broad SMARTS) is 1. The third-order valence-corrected chi connectivity index (χ3v) is 7.34. The number of aromatic amines is 1. The van der Waals surface area contributed by atoms with Crippen LogP contribution in [0.1, 0.15) is 36.4 Å². The first-order chi connectivity index (χ1) is 19.3. The first-order valence-electron chi connectivity index (χ1n) is 12.5. The van der Waals surface area contributed by atoms with Crippen molar-refractivity contribution < 1.29 is 24.2 Å².